The van der Waals surface area contributed by atoms with E-state index in [1.165, 1.54) is 11.6 Å². The number of allylic oxidation sites excluding steroid dienone is 1. The Kier molecular flexibility index (Phi) is 7.45. The number of fused-ring (bicyclic) bond motifs is 3. The number of Topliss-reactive ketones (excluding diaryl/α,β-unsaturated/α-hetero) is 2. The number of primary amides is 1. The largest absolute Gasteiger partial charge is 0.510 e. The molecular formula is C35H41N3O6. The molecule has 0 radical (unpaired) electrons. The molecule has 232 valence electrons. The highest BCUT2D eigenvalue weighted by Gasteiger charge is 2.55. The number of likely N-dealkylation sites (tertiary alicyclic amines) is 1. The van der Waals surface area contributed by atoms with Crippen molar-refractivity contribution in [2.75, 3.05) is 27.2 Å². The van der Waals surface area contributed by atoms with Crippen LogP contribution in [0.5, 0.6) is 5.75 Å². The van der Waals surface area contributed by atoms with E-state index in [0.29, 0.717) is 18.3 Å². The first-order valence-electron chi connectivity index (χ1n) is 15.4. The standard InChI is InChI=1S/C35H41N3O6/c1-35(2)10-12-38(13-11-35)17-18-6-5-7-19(14-18)21-8-9-24(39)26-22(21)15-20-16-23-27(31(41)25(20)30(26)40)32(42)28(34(36)44)33(43)29(23)37(3)4/h5-9,14,20,23,27,29,39-40,43H,10-13,15-17H2,1-4H3,(H2,36,44)/t20?,23?,27?,29-/m0/s1. The average Bonchev–Trinajstić information content (AvgIpc) is 2.93. The molecule has 0 bridgehead atoms. The number of carbonyl (C=O) groups excluding carboxylic acids is 3. The summed E-state index contributed by atoms with van der Waals surface area (Å²) in [7, 11) is 3.42. The van der Waals surface area contributed by atoms with Crippen LogP contribution in [0, 0.1) is 23.2 Å². The first kappa shape index (κ1) is 30.1. The Morgan fingerprint density at radius 1 is 1.05 bits per heavy atom. The molecule has 9 nitrogen and oxygen atoms in total. The maximum absolute atomic E-state index is 14.0. The molecule has 4 atom stereocenters. The van der Waals surface area contributed by atoms with Crippen LogP contribution < -0.4 is 5.73 Å². The SMILES string of the molecule is CN(C)[C@@H]1C(O)=C(C(N)=O)C(=O)C2C(=O)C3=C(O)c4c(O)ccc(-c5cccc(CN6CCC(C)(C)CC6)c5)c4CC3CC21. The predicted molar refractivity (Wildman–Crippen MR) is 167 cm³/mol. The quantitative estimate of drug-likeness (QED) is 0.297. The number of benzene rings is 2. The summed E-state index contributed by atoms with van der Waals surface area (Å²) in [5.74, 6) is -5.72. The van der Waals surface area contributed by atoms with Crippen molar-refractivity contribution in [2.45, 2.75) is 52.1 Å². The van der Waals surface area contributed by atoms with Crippen LogP contribution in [0.15, 0.2) is 53.3 Å². The van der Waals surface area contributed by atoms with Gasteiger partial charge in [-0.15, -0.1) is 0 Å². The molecule has 0 spiro atoms. The van der Waals surface area contributed by atoms with Gasteiger partial charge in [0.15, 0.2) is 11.6 Å². The van der Waals surface area contributed by atoms with Gasteiger partial charge in [-0.1, -0.05) is 38.1 Å². The van der Waals surface area contributed by atoms with Gasteiger partial charge in [-0.3, -0.25) is 24.2 Å². The summed E-state index contributed by atoms with van der Waals surface area (Å²) in [4.78, 5) is 43.8. The second-order valence-electron chi connectivity index (χ2n) is 13.9. The molecule has 2 aromatic rings. The first-order valence-corrected chi connectivity index (χ1v) is 15.4. The zero-order valence-corrected chi connectivity index (χ0v) is 25.8. The maximum Gasteiger partial charge on any atom is 0.255 e. The molecule has 1 aliphatic heterocycles. The van der Waals surface area contributed by atoms with E-state index in [0.717, 1.165) is 49.2 Å². The number of aliphatic hydroxyl groups excluding tert-OH is 2. The number of carbonyl (C=O) groups is 3. The predicted octanol–water partition coefficient (Wildman–Crippen LogP) is 4.14. The molecule has 3 unspecified atom stereocenters. The van der Waals surface area contributed by atoms with E-state index in [1.807, 2.05) is 18.2 Å². The van der Waals surface area contributed by atoms with Gasteiger partial charge >= 0.3 is 0 Å². The Bertz CT molecular complexity index is 1630. The molecule has 9 heteroatoms. The van der Waals surface area contributed by atoms with Gasteiger partial charge in [-0.05, 0) is 105 Å². The van der Waals surface area contributed by atoms with Crippen molar-refractivity contribution < 1.29 is 29.7 Å². The van der Waals surface area contributed by atoms with Gasteiger partial charge in [-0.25, -0.2) is 0 Å². The van der Waals surface area contributed by atoms with Crippen LogP contribution in [0.3, 0.4) is 0 Å². The van der Waals surface area contributed by atoms with E-state index in [9.17, 15) is 29.7 Å². The normalized spacial score (nSPS) is 26.8. The van der Waals surface area contributed by atoms with Crippen molar-refractivity contribution in [3.8, 4) is 16.9 Å². The van der Waals surface area contributed by atoms with E-state index in [1.54, 1.807) is 19.0 Å². The molecule has 2 fully saturated rings. The number of nitrogens with two attached hydrogens (primary N) is 1. The van der Waals surface area contributed by atoms with Gasteiger partial charge < -0.3 is 21.1 Å². The fourth-order valence-electron chi connectivity index (χ4n) is 7.95. The fraction of sp³-hybridized carbons (Fsp3) is 0.457. The lowest BCUT2D eigenvalue weighted by atomic mass is 9.59. The van der Waals surface area contributed by atoms with Crippen LogP contribution in [0.4, 0.5) is 0 Å². The molecular weight excluding hydrogens is 558 g/mol. The van der Waals surface area contributed by atoms with Crippen LogP contribution in [0.25, 0.3) is 16.9 Å². The number of hydrogen-bond donors (Lipinski definition) is 4. The zero-order valence-electron chi connectivity index (χ0n) is 25.8. The van der Waals surface area contributed by atoms with E-state index in [-0.39, 0.29) is 22.6 Å². The van der Waals surface area contributed by atoms with E-state index < -0.39 is 52.6 Å². The summed E-state index contributed by atoms with van der Waals surface area (Å²) in [5.41, 5.74) is 9.29. The highest BCUT2D eigenvalue weighted by Crippen LogP contribution is 2.51. The van der Waals surface area contributed by atoms with Crippen LogP contribution in [0.2, 0.25) is 0 Å². The molecule has 2 aromatic carbocycles. The fourth-order valence-corrected chi connectivity index (χ4v) is 7.95. The van der Waals surface area contributed by atoms with E-state index >= 15 is 0 Å². The van der Waals surface area contributed by atoms with Gasteiger partial charge in [0.25, 0.3) is 5.91 Å². The number of nitrogens with zero attached hydrogens (tertiary/aromatic N) is 2. The molecule has 1 saturated heterocycles. The minimum absolute atomic E-state index is 0.0871. The Labute approximate surface area is 257 Å². The van der Waals surface area contributed by atoms with E-state index in [2.05, 4.69) is 30.9 Å². The maximum atomic E-state index is 14.0. The van der Waals surface area contributed by atoms with Gasteiger partial charge in [0.05, 0.1) is 17.5 Å². The molecule has 4 aliphatic rings. The number of phenolic OH excluding ortho intramolecular Hbond substituents is 1. The number of aromatic hydroxyl groups is 1. The smallest absolute Gasteiger partial charge is 0.255 e. The lowest BCUT2D eigenvalue weighted by molar-refractivity contribution is -0.136. The zero-order chi connectivity index (χ0) is 31.7. The number of hydrogen-bond acceptors (Lipinski definition) is 8. The second kappa shape index (κ2) is 10.9. The number of aliphatic hydroxyl groups is 2. The number of piperidine rings is 1. The van der Waals surface area contributed by atoms with Crippen molar-refractivity contribution in [1.82, 2.24) is 9.80 Å². The van der Waals surface area contributed by atoms with Crippen LogP contribution in [0.1, 0.15) is 49.8 Å². The van der Waals surface area contributed by atoms with Crippen molar-refractivity contribution in [2.24, 2.45) is 28.9 Å². The van der Waals surface area contributed by atoms with E-state index in [4.69, 9.17) is 5.73 Å². The van der Waals surface area contributed by atoms with Crippen molar-refractivity contribution >= 4 is 23.2 Å². The lowest BCUT2D eigenvalue weighted by Crippen LogP contribution is -2.55. The third-order valence-electron chi connectivity index (χ3n) is 10.3. The molecule has 1 saturated carbocycles. The molecule has 1 heterocycles. The molecule has 0 aromatic heterocycles. The summed E-state index contributed by atoms with van der Waals surface area (Å²) >= 11 is 0. The third kappa shape index (κ3) is 4.92. The molecule has 44 heavy (non-hydrogen) atoms. The lowest BCUT2D eigenvalue weighted by Gasteiger charge is -2.46. The molecule has 3 aliphatic carbocycles. The topological polar surface area (TPSA) is 144 Å². The highest BCUT2D eigenvalue weighted by atomic mass is 16.3. The first-order chi connectivity index (χ1) is 20.8. The van der Waals surface area contributed by atoms with Gasteiger partial charge in [0, 0.05) is 12.1 Å². The Morgan fingerprint density at radius 3 is 2.41 bits per heavy atom. The number of amides is 1. The molecule has 5 N–H and O–H groups in total. The van der Waals surface area contributed by atoms with Gasteiger partial charge in [0.1, 0.15) is 22.8 Å². The summed E-state index contributed by atoms with van der Waals surface area (Å²) in [6.45, 7) is 7.57. The number of likely N-dealkylation sites (N-methyl/N-ethyl adjacent to an activating group) is 1. The number of rotatable bonds is 5. The number of phenols is 1. The summed E-state index contributed by atoms with van der Waals surface area (Å²) in [5, 5.41) is 33.5. The van der Waals surface area contributed by atoms with Gasteiger partial charge in [0.2, 0.25) is 0 Å². The summed E-state index contributed by atoms with van der Waals surface area (Å²) in [6.07, 6.45) is 3.00. The minimum atomic E-state index is -1.27. The Hall–Kier alpha value is -3.95. The molecule has 6 rings (SSSR count). The average molecular weight is 600 g/mol. The molecule has 1 amide bonds. The van der Waals surface area contributed by atoms with Crippen LogP contribution in [-0.4, -0.2) is 75.8 Å². The monoisotopic (exact) mass is 599 g/mol. The summed E-state index contributed by atoms with van der Waals surface area (Å²) < 4.78 is 0. The van der Waals surface area contributed by atoms with Crippen molar-refractivity contribution in [3.63, 3.8) is 0 Å². The second-order valence-corrected chi connectivity index (χ2v) is 13.9. The Balaban J connectivity index is 1.38. The Morgan fingerprint density at radius 2 is 1.75 bits per heavy atom. The third-order valence-corrected chi connectivity index (χ3v) is 10.3. The number of ketones is 2. The minimum Gasteiger partial charge on any atom is -0.510 e. The van der Waals surface area contributed by atoms with Crippen LogP contribution >= 0.6 is 0 Å². The van der Waals surface area contributed by atoms with Gasteiger partial charge in [-0.2, -0.15) is 0 Å². The van der Waals surface area contributed by atoms with Crippen LogP contribution in [-0.2, 0) is 27.3 Å². The highest BCUT2D eigenvalue weighted by molar-refractivity contribution is 6.28. The van der Waals surface area contributed by atoms with Crippen molar-refractivity contribution in [3.05, 3.63) is 70.0 Å². The van der Waals surface area contributed by atoms with Crippen molar-refractivity contribution in [1.29, 1.82) is 0 Å². The summed E-state index contributed by atoms with van der Waals surface area (Å²) in [6, 6.07) is 10.9.